The first-order chi connectivity index (χ1) is 5.15. The molecule has 0 amide bonds. The van der Waals surface area contributed by atoms with E-state index in [1.54, 1.807) is 0 Å². The van der Waals surface area contributed by atoms with Gasteiger partial charge in [-0.1, -0.05) is 0 Å². The lowest BCUT2D eigenvalue weighted by Gasteiger charge is -2.30. The molecule has 0 aromatic carbocycles. The van der Waals surface area contributed by atoms with Gasteiger partial charge >= 0.3 is 0 Å². The molecule has 2 rings (SSSR count). The van der Waals surface area contributed by atoms with E-state index in [0.29, 0.717) is 11.7 Å². The van der Waals surface area contributed by atoms with Crippen LogP contribution < -0.4 is 0 Å². The molecule has 0 spiro atoms. The molecule has 1 aliphatic heterocycles. The fourth-order valence-electron chi connectivity index (χ4n) is 2.15. The van der Waals surface area contributed by atoms with Gasteiger partial charge in [0.15, 0.2) is 5.78 Å². The van der Waals surface area contributed by atoms with Gasteiger partial charge in [-0.3, -0.25) is 9.69 Å². The van der Waals surface area contributed by atoms with Crippen LogP contribution >= 0.6 is 0 Å². The third-order valence-electron chi connectivity index (χ3n) is 3.40. The Morgan fingerprint density at radius 2 is 2.18 bits per heavy atom. The topological polar surface area (TPSA) is 20.3 Å². The van der Waals surface area contributed by atoms with E-state index in [9.17, 15) is 4.79 Å². The van der Waals surface area contributed by atoms with E-state index in [4.69, 9.17) is 0 Å². The molecule has 0 N–H and O–H groups in total. The Balaban J connectivity index is 2.24. The molecule has 0 aromatic rings. The second kappa shape index (κ2) is 2.07. The van der Waals surface area contributed by atoms with Gasteiger partial charge in [-0.15, -0.1) is 0 Å². The van der Waals surface area contributed by atoms with Crippen molar-refractivity contribution in [3.63, 3.8) is 0 Å². The molecule has 1 saturated carbocycles. The molecule has 2 nitrogen and oxygen atoms in total. The van der Waals surface area contributed by atoms with Gasteiger partial charge in [0, 0.05) is 13.0 Å². The molecule has 1 saturated heterocycles. The maximum Gasteiger partial charge on any atom is 0.154 e. The van der Waals surface area contributed by atoms with Crippen LogP contribution in [0.2, 0.25) is 0 Å². The van der Waals surface area contributed by atoms with Gasteiger partial charge in [0.25, 0.3) is 0 Å². The number of nitrogens with zero attached hydrogens (tertiary/aromatic N) is 1. The van der Waals surface area contributed by atoms with Crippen molar-refractivity contribution in [3.8, 4) is 0 Å². The number of hydrogen-bond acceptors (Lipinski definition) is 2. The van der Waals surface area contributed by atoms with Crippen LogP contribution in [0.3, 0.4) is 0 Å². The second-order valence-electron chi connectivity index (χ2n) is 4.02. The zero-order chi connectivity index (χ0) is 8.06. The third kappa shape index (κ3) is 0.853. The Morgan fingerprint density at radius 1 is 1.55 bits per heavy atom. The lowest BCUT2D eigenvalue weighted by atomic mass is 9.92. The standard InChI is InChI=1S/C9H15NO/c1-9(7-3-4-7)8(11)5-6-10(9)2/h7H,3-6H2,1-2H3. The quantitative estimate of drug-likeness (QED) is 0.561. The molecule has 0 radical (unpaired) electrons. The first-order valence-electron chi connectivity index (χ1n) is 4.40. The Bertz CT molecular complexity index is 198. The van der Waals surface area contributed by atoms with Gasteiger partial charge in [-0.05, 0) is 32.7 Å². The Morgan fingerprint density at radius 3 is 2.55 bits per heavy atom. The summed E-state index contributed by atoms with van der Waals surface area (Å²) in [6.07, 6.45) is 3.28. The van der Waals surface area contributed by atoms with Crippen LogP contribution in [0.1, 0.15) is 26.2 Å². The number of hydrogen-bond donors (Lipinski definition) is 0. The normalized spacial score (nSPS) is 40.0. The fraction of sp³-hybridized carbons (Fsp3) is 0.889. The number of Topliss-reactive ketones (excluding diaryl/α,β-unsaturated/α-hetero) is 1. The average Bonchev–Trinajstić information content (AvgIpc) is 2.76. The van der Waals surface area contributed by atoms with E-state index in [1.807, 2.05) is 0 Å². The highest BCUT2D eigenvalue weighted by Crippen LogP contribution is 2.45. The number of likely N-dealkylation sites (tertiary alicyclic amines) is 1. The van der Waals surface area contributed by atoms with E-state index in [2.05, 4.69) is 18.9 Å². The molecule has 1 atom stereocenters. The summed E-state index contributed by atoms with van der Waals surface area (Å²) in [5.74, 6) is 1.13. The number of ketones is 1. The Kier molecular flexibility index (Phi) is 1.37. The molecular formula is C9H15NO. The molecule has 62 valence electrons. The van der Waals surface area contributed by atoms with Crippen LogP contribution in [0.15, 0.2) is 0 Å². The molecular weight excluding hydrogens is 138 g/mol. The minimum Gasteiger partial charge on any atom is -0.298 e. The third-order valence-corrected chi connectivity index (χ3v) is 3.40. The van der Waals surface area contributed by atoms with Gasteiger partial charge in [-0.25, -0.2) is 0 Å². The first-order valence-corrected chi connectivity index (χ1v) is 4.40. The maximum absolute atomic E-state index is 11.5. The smallest absolute Gasteiger partial charge is 0.154 e. The maximum atomic E-state index is 11.5. The number of likely N-dealkylation sites (N-methyl/N-ethyl adjacent to an activating group) is 1. The van der Waals surface area contributed by atoms with E-state index < -0.39 is 0 Å². The lowest BCUT2D eigenvalue weighted by molar-refractivity contribution is -0.124. The summed E-state index contributed by atoms with van der Waals surface area (Å²) in [4.78, 5) is 13.8. The van der Waals surface area contributed by atoms with Crippen molar-refractivity contribution in [2.45, 2.75) is 31.7 Å². The number of rotatable bonds is 1. The molecule has 1 heterocycles. The van der Waals surface area contributed by atoms with Crippen molar-refractivity contribution in [1.82, 2.24) is 4.90 Å². The van der Waals surface area contributed by atoms with Crippen molar-refractivity contribution >= 4 is 5.78 Å². The van der Waals surface area contributed by atoms with Crippen molar-refractivity contribution in [2.75, 3.05) is 13.6 Å². The first kappa shape index (κ1) is 7.29. The zero-order valence-corrected chi connectivity index (χ0v) is 7.26. The van der Waals surface area contributed by atoms with E-state index in [0.717, 1.165) is 13.0 Å². The van der Waals surface area contributed by atoms with Crippen LogP contribution in [0.5, 0.6) is 0 Å². The molecule has 2 heteroatoms. The average molecular weight is 153 g/mol. The van der Waals surface area contributed by atoms with Crippen molar-refractivity contribution < 1.29 is 4.79 Å². The van der Waals surface area contributed by atoms with Crippen LogP contribution in [0, 0.1) is 5.92 Å². The number of carbonyl (C=O) groups excluding carboxylic acids is 1. The summed E-state index contributed by atoms with van der Waals surface area (Å²) in [6.45, 7) is 3.08. The van der Waals surface area contributed by atoms with Gasteiger partial charge in [0.2, 0.25) is 0 Å². The SMILES string of the molecule is CN1CCC(=O)C1(C)C1CC1. The summed E-state index contributed by atoms with van der Waals surface area (Å²) in [5, 5.41) is 0. The largest absolute Gasteiger partial charge is 0.298 e. The number of carbonyl (C=O) groups is 1. The van der Waals surface area contributed by atoms with Crippen molar-refractivity contribution in [2.24, 2.45) is 5.92 Å². The summed E-state index contributed by atoms with van der Waals surface area (Å²) in [5.41, 5.74) is -0.0833. The predicted octanol–water partition coefficient (Wildman–Crippen LogP) is 1.06. The van der Waals surface area contributed by atoms with Crippen LogP contribution in [0.25, 0.3) is 0 Å². The minimum absolute atomic E-state index is 0.0833. The Hall–Kier alpha value is -0.370. The van der Waals surface area contributed by atoms with E-state index >= 15 is 0 Å². The molecule has 1 unspecified atom stereocenters. The zero-order valence-electron chi connectivity index (χ0n) is 7.26. The van der Waals surface area contributed by atoms with Gasteiger partial charge in [0.05, 0.1) is 5.54 Å². The molecule has 0 bridgehead atoms. The summed E-state index contributed by atoms with van der Waals surface area (Å²) in [6, 6.07) is 0. The lowest BCUT2D eigenvalue weighted by Crippen LogP contribution is -2.45. The van der Waals surface area contributed by atoms with Crippen LogP contribution in [-0.2, 0) is 4.79 Å². The van der Waals surface area contributed by atoms with E-state index in [-0.39, 0.29) is 5.54 Å². The summed E-state index contributed by atoms with van der Waals surface area (Å²) < 4.78 is 0. The van der Waals surface area contributed by atoms with Crippen molar-refractivity contribution in [3.05, 3.63) is 0 Å². The summed E-state index contributed by atoms with van der Waals surface area (Å²) in [7, 11) is 2.07. The minimum atomic E-state index is -0.0833. The molecule has 2 fully saturated rings. The molecule has 0 aromatic heterocycles. The predicted molar refractivity (Wildman–Crippen MR) is 43.4 cm³/mol. The van der Waals surface area contributed by atoms with Crippen molar-refractivity contribution in [1.29, 1.82) is 0 Å². The molecule has 1 aliphatic carbocycles. The highest BCUT2D eigenvalue weighted by Gasteiger charge is 2.52. The monoisotopic (exact) mass is 153 g/mol. The fourth-order valence-corrected chi connectivity index (χ4v) is 2.15. The van der Waals surface area contributed by atoms with Gasteiger partial charge < -0.3 is 0 Å². The molecule has 11 heavy (non-hydrogen) atoms. The van der Waals surface area contributed by atoms with Crippen LogP contribution in [0.4, 0.5) is 0 Å². The van der Waals surface area contributed by atoms with Gasteiger partial charge in [0.1, 0.15) is 0 Å². The Labute approximate surface area is 67.6 Å². The van der Waals surface area contributed by atoms with Gasteiger partial charge in [-0.2, -0.15) is 0 Å². The van der Waals surface area contributed by atoms with E-state index in [1.165, 1.54) is 12.8 Å². The highest BCUT2D eigenvalue weighted by molar-refractivity contribution is 5.90. The second-order valence-corrected chi connectivity index (χ2v) is 4.02. The summed E-state index contributed by atoms with van der Waals surface area (Å²) >= 11 is 0. The van der Waals surface area contributed by atoms with Crippen LogP contribution in [-0.4, -0.2) is 29.8 Å². The highest BCUT2D eigenvalue weighted by atomic mass is 16.1. The molecule has 2 aliphatic rings.